The quantitative estimate of drug-likeness (QED) is 0.454. The van der Waals surface area contributed by atoms with Crippen LogP contribution >= 0.6 is 11.3 Å². The third-order valence-corrected chi connectivity index (χ3v) is 5.29. The predicted molar refractivity (Wildman–Crippen MR) is 113 cm³/mol. The molecule has 138 valence electrons. The first kappa shape index (κ1) is 18.0. The highest BCUT2D eigenvalue weighted by molar-refractivity contribution is 7.19. The molecule has 0 radical (unpaired) electrons. The van der Waals surface area contributed by atoms with E-state index in [1.807, 2.05) is 71.6 Å². The number of thiazole rings is 1. The van der Waals surface area contributed by atoms with Crippen molar-refractivity contribution in [2.45, 2.75) is 13.0 Å². The van der Waals surface area contributed by atoms with Crippen molar-refractivity contribution < 1.29 is 4.74 Å². The molecule has 0 aliphatic carbocycles. The van der Waals surface area contributed by atoms with Gasteiger partial charge in [0.1, 0.15) is 10.8 Å². The van der Waals surface area contributed by atoms with E-state index in [9.17, 15) is 0 Å². The van der Waals surface area contributed by atoms with Crippen LogP contribution in [-0.2, 0) is 6.54 Å². The van der Waals surface area contributed by atoms with E-state index < -0.39 is 0 Å². The molecule has 28 heavy (non-hydrogen) atoms. The SMILES string of the molecule is COc1ccc2nc(/C=C/c3cn(CCC#N)nc3-c3ccccc3)sc2c1. The van der Waals surface area contributed by atoms with Gasteiger partial charge in [0, 0.05) is 17.3 Å². The van der Waals surface area contributed by atoms with Gasteiger partial charge in [-0.2, -0.15) is 10.4 Å². The number of aromatic nitrogens is 3. The molecule has 6 heteroatoms. The van der Waals surface area contributed by atoms with E-state index >= 15 is 0 Å². The van der Waals surface area contributed by atoms with Crippen LogP contribution in [0.4, 0.5) is 0 Å². The summed E-state index contributed by atoms with van der Waals surface area (Å²) in [7, 11) is 1.66. The summed E-state index contributed by atoms with van der Waals surface area (Å²) < 4.78 is 8.21. The van der Waals surface area contributed by atoms with Crippen molar-refractivity contribution in [3.8, 4) is 23.1 Å². The molecule has 2 aromatic heterocycles. The Morgan fingerprint density at radius 2 is 2.04 bits per heavy atom. The molecule has 0 atom stereocenters. The number of fused-ring (bicyclic) bond motifs is 1. The van der Waals surface area contributed by atoms with Crippen LogP contribution in [-0.4, -0.2) is 21.9 Å². The van der Waals surface area contributed by atoms with Crippen LogP contribution in [0, 0.1) is 11.3 Å². The molecule has 5 nitrogen and oxygen atoms in total. The molecule has 0 aliphatic rings. The largest absolute Gasteiger partial charge is 0.497 e. The Kier molecular flexibility index (Phi) is 5.18. The Hall–Kier alpha value is -3.43. The number of aryl methyl sites for hydroxylation is 1. The van der Waals surface area contributed by atoms with Crippen molar-refractivity contribution in [3.63, 3.8) is 0 Å². The van der Waals surface area contributed by atoms with E-state index in [-0.39, 0.29) is 0 Å². The van der Waals surface area contributed by atoms with Gasteiger partial charge < -0.3 is 4.74 Å². The lowest BCUT2D eigenvalue weighted by molar-refractivity contribution is 0.415. The summed E-state index contributed by atoms with van der Waals surface area (Å²) in [5.74, 6) is 0.830. The molecule has 0 saturated heterocycles. The fourth-order valence-electron chi connectivity index (χ4n) is 2.94. The normalized spacial score (nSPS) is 11.1. The van der Waals surface area contributed by atoms with Gasteiger partial charge >= 0.3 is 0 Å². The molecule has 2 aromatic carbocycles. The van der Waals surface area contributed by atoms with Crippen molar-refractivity contribution >= 4 is 33.7 Å². The Balaban J connectivity index is 1.68. The van der Waals surface area contributed by atoms with E-state index in [2.05, 4.69) is 16.2 Å². The molecule has 0 amide bonds. The molecule has 0 aliphatic heterocycles. The number of nitrogens with zero attached hydrogens (tertiary/aromatic N) is 4. The van der Waals surface area contributed by atoms with Gasteiger partial charge in [-0.3, -0.25) is 4.68 Å². The number of methoxy groups -OCH3 is 1. The minimum Gasteiger partial charge on any atom is -0.497 e. The zero-order chi connectivity index (χ0) is 19.3. The van der Waals surface area contributed by atoms with Crippen LogP contribution in [0.25, 0.3) is 33.6 Å². The van der Waals surface area contributed by atoms with Crippen molar-refractivity contribution in [3.05, 3.63) is 65.3 Å². The monoisotopic (exact) mass is 386 g/mol. The van der Waals surface area contributed by atoms with Crippen LogP contribution in [0.3, 0.4) is 0 Å². The van der Waals surface area contributed by atoms with Crippen LogP contribution in [0.1, 0.15) is 17.0 Å². The molecule has 0 bridgehead atoms. The second-order valence-electron chi connectivity index (χ2n) is 6.19. The molecule has 0 unspecified atom stereocenters. The first-order valence-corrected chi connectivity index (χ1v) is 9.71. The van der Waals surface area contributed by atoms with Gasteiger partial charge in [-0.15, -0.1) is 11.3 Å². The van der Waals surface area contributed by atoms with Crippen LogP contribution in [0.2, 0.25) is 0 Å². The Morgan fingerprint density at radius 3 is 2.82 bits per heavy atom. The van der Waals surface area contributed by atoms with E-state index in [4.69, 9.17) is 10.00 Å². The molecule has 0 fully saturated rings. The number of hydrogen-bond donors (Lipinski definition) is 0. The van der Waals surface area contributed by atoms with Gasteiger partial charge in [0.2, 0.25) is 0 Å². The summed E-state index contributed by atoms with van der Waals surface area (Å²) in [5.41, 5.74) is 3.91. The molecular weight excluding hydrogens is 368 g/mol. The van der Waals surface area contributed by atoms with Crippen molar-refractivity contribution in [2.75, 3.05) is 7.11 Å². The molecule has 4 rings (SSSR count). The average Bonchev–Trinajstić information content (AvgIpc) is 3.34. The maximum absolute atomic E-state index is 8.86. The molecule has 0 N–H and O–H groups in total. The lowest BCUT2D eigenvalue weighted by atomic mass is 10.1. The van der Waals surface area contributed by atoms with Crippen molar-refractivity contribution in [1.29, 1.82) is 5.26 Å². The lowest BCUT2D eigenvalue weighted by Gasteiger charge is -1.98. The fraction of sp³-hybridized carbons (Fsp3) is 0.136. The number of hydrogen-bond acceptors (Lipinski definition) is 5. The van der Waals surface area contributed by atoms with Gasteiger partial charge in [-0.25, -0.2) is 4.98 Å². The predicted octanol–water partition coefficient (Wildman–Crippen LogP) is 5.25. The van der Waals surface area contributed by atoms with Gasteiger partial charge in [0.25, 0.3) is 0 Å². The van der Waals surface area contributed by atoms with Gasteiger partial charge in [0.15, 0.2) is 0 Å². The number of benzene rings is 2. The summed E-state index contributed by atoms with van der Waals surface area (Å²) in [6, 6.07) is 18.1. The zero-order valence-electron chi connectivity index (χ0n) is 15.4. The van der Waals surface area contributed by atoms with E-state index in [0.29, 0.717) is 13.0 Å². The molecule has 4 aromatic rings. The van der Waals surface area contributed by atoms with Gasteiger partial charge in [-0.05, 0) is 30.4 Å². The van der Waals surface area contributed by atoms with Gasteiger partial charge in [0.05, 0.1) is 42.1 Å². The zero-order valence-corrected chi connectivity index (χ0v) is 16.2. The third-order valence-electron chi connectivity index (χ3n) is 4.31. The molecule has 2 heterocycles. The number of nitriles is 1. The lowest BCUT2D eigenvalue weighted by Crippen LogP contribution is -1.97. The summed E-state index contributed by atoms with van der Waals surface area (Å²) >= 11 is 1.62. The average molecular weight is 386 g/mol. The van der Waals surface area contributed by atoms with E-state index in [1.54, 1.807) is 18.4 Å². The second kappa shape index (κ2) is 8.07. The Bertz CT molecular complexity index is 1170. The number of ether oxygens (including phenoxy) is 1. The van der Waals surface area contributed by atoms with E-state index in [1.165, 1.54) is 0 Å². The Labute approximate surface area is 167 Å². The molecule has 0 spiro atoms. The standard InChI is InChI=1S/C22H18N4OS/c1-27-18-9-10-19-20(14-18)28-21(24-19)11-8-17-15-26(13-5-12-23)25-22(17)16-6-3-2-4-7-16/h2-4,6-11,14-15H,5,13H2,1H3/b11-8+. The summed E-state index contributed by atoms with van der Waals surface area (Å²) in [6.45, 7) is 0.575. The Morgan fingerprint density at radius 1 is 1.18 bits per heavy atom. The summed E-state index contributed by atoms with van der Waals surface area (Å²) in [6.07, 6.45) is 6.45. The van der Waals surface area contributed by atoms with Crippen molar-refractivity contribution in [2.24, 2.45) is 0 Å². The fourth-order valence-corrected chi connectivity index (χ4v) is 3.84. The molecular formula is C22H18N4OS. The summed E-state index contributed by atoms with van der Waals surface area (Å²) in [4.78, 5) is 4.67. The van der Waals surface area contributed by atoms with Crippen LogP contribution in [0.15, 0.2) is 54.7 Å². The van der Waals surface area contributed by atoms with Gasteiger partial charge in [-0.1, -0.05) is 30.3 Å². The molecule has 0 saturated carbocycles. The second-order valence-corrected chi connectivity index (χ2v) is 7.25. The highest BCUT2D eigenvalue weighted by atomic mass is 32.1. The minimum atomic E-state index is 0.429. The first-order chi connectivity index (χ1) is 13.8. The highest BCUT2D eigenvalue weighted by Gasteiger charge is 2.10. The minimum absolute atomic E-state index is 0.429. The maximum atomic E-state index is 8.86. The number of rotatable bonds is 6. The third kappa shape index (κ3) is 3.80. The maximum Gasteiger partial charge on any atom is 0.120 e. The van der Waals surface area contributed by atoms with E-state index in [0.717, 1.165) is 37.8 Å². The van der Waals surface area contributed by atoms with Crippen LogP contribution < -0.4 is 4.74 Å². The topological polar surface area (TPSA) is 63.7 Å². The first-order valence-electron chi connectivity index (χ1n) is 8.89. The summed E-state index contributed by atoms with van der Waals surface area (Å²) in [5, 5.41) is 14.5. The smallest absolute Gasteiger partial charge is 0.120 e. The van der Waals surface area contributed by atoms with Crippen LogP contribution in [0.5, 0.6) is 5.75 Å². The highest BCUT2D eigenvalue weighted by Crippen LogP contribution is 2.28. The van der Waals surface area contributed by atoms with Crippen molar-refractivity contribution in [1.82, 2.24) is 14.8 Å².